The Bertz CT molecular complexity index is 1040. The molecule has 4 heteroatoms. The molecule has 0 aliphatic heterocycles. The van der Waals surface area contributed by atoms with Gasteiger partial charge in [-0.15, -0.1) is 0 Å². The molecular weight excluding hydrogens is 384 g/mol. The minimum absolute atomic E-state index is 0.00594. The molecule has 4 nitrogen and oxygen atoms in total. The third-order valence-electron chi connectivity index (χ3n) is 5.64. The number of hydrogen-bond donors (Lipinski definition) is 1. The average molecular weight is 417 g/mol. The van der Waals surface area contributed by atoms with Crippen molar-refractivity contribution in [1.29, 1.82) is 0 Å². The van der Waals surface area contributed by atoms with Gasteiger partial charge >= 0.3 is 0 Å². The molecule has 0 spiro atoms. The highest BCUT2D eigenvalue weighted by Crippen LogP contribution is 2.21. The molecule has 2 amide bonds. The smallest absolute Gasteiger partial charge is 0.242 e. The molecule has 0 heterocycles. The first-order valence-electron chi connectivity index (χ1n) is 11.1. The lowest BCUT2D eigenvalue weighted by Crippen LogP contribution is -2.47. The summed E-state index contributed by atoms with van der Waals surface area (Å²) in [7, 11) is 0. The van der Waals surface area contributed by atoms with Crippen molar-refractivity contribution in [3.8, 4) is 0 Å². The van der Waals surface area contributed by atoms with Gasteiger partial charge in [-0.25, -0.2) is 0 Å². The lowest BCUT2D eigenvalue weighted by atomic mass is 10.0. The first kappa shape index (κ1) is 22.5. The molecular formula is C27H32N2O2. The van der Waals surface area contributed by atoms with Crippen molar-refractivity contribution in [2.24, 2.45) is 0 Å². The van der Waals surface area contributed by atoms with Gasteiger partial charge in [-0.3, -0.25) is 9.59 Å². The summed E-state index contributed by atoms with van der Waals surface area (Å²) in [5.41, 5.74) is 3.34. The highest BCUT2D eigenvalue weighted by molar-refractivity contribution is 5.88. The van der Waals surface area contributed by atoms with Crippen LogP contribution >= 0.6 is 0 Å². The second-order valence-corrected chi connectivity index (χ2v) is 8.12. The summed E-state index contributed by atoms with van der Waals surface area (Å²) in [6.45, 7) is 6.91. The van der Waals surface area contributed by atoms with Gasteiger partial charge < -0.3 is 10.2 Å². The predicted molar refractivity (Wildman–Crippen MR) is 127 cm³/mol. The molecule has 1 unspecified atom stereocenters. The molecule has 3 aromatic rings. The molecule has 0 saturated carbocycles. The van der Waals surface area contributed by atoms with Crippen LogP contribution in [0, 0.1) is 6.92 Å². The number of amides is 2. The SMILES string of the molecule is CCCNC(=O)C(C)N(Cc1cccc(C)c1)C(=O)CCc1cccc2ccccc12. The number of aryl methyl sites for hydroxylation is 2. The molecule has 162 valence electrons. The third-order valence-corrected chi connectivity index (χ3v) is 5.64. The standard InChI is InChI=1S/C27H32N2O2/c1-4-17-28-27(31)21(3)29(19-22-10-7-9-20(2)18-22)26(30)16-15-24-13-8-12-23-11-5-6-14-25(23)24/h5-14,18,21H,4,15-17,19H2,1-3H3,(H,28,31). The summed E-state index contributed by atoms with van der Waals surface area (Å²) >= 11 is 0. The lowest BCUT2D eigenvalue weighted by molar-refractivity contribution is -0.140. The van der Waals surface area contributed by atoms with Gasteiger partial charge in [0.05, 0.1) is 0 Å². The van der Waals surface area contributed by atoms with Crippen LogP contribution in [-0.2, 0) is 22.6 Å². The quantitative estimate of drug-likeness (QED) is 0.532. The second kappa shape index (κ2) is 10.8. The van der Waals surface area contributed by atoms with E-state index in [2.05, 4.69) is 35.6 Å². The minimum Gasteiger partial charge on any atom is -0.354 e. The normalized spacial score (nSPS) is 11.8. The summed E-state index contributed by atoms with van der Waals surface area (Å²) in [5, 5.41) is 5.28. The van der Waals surface area contributed by atoms with Gasteiger partial charge in [-0.2, -0.15) is 0 Å². The van der Waals surface area contributed by atoms with Crippen LogP contribution in [0.5, 0.6) is 0 Å². The first-order valence-corrected chi connectivity index (χ1v) is 11.1. The van der Waals surface area contributed by atoms with E-state index in [9.17, 15) is 9.59 Å². The van der Waals surface area contributed by atoms with Gasteiger partial charge in [0, 0.05) is 19.5 Å². The predicted octanol–water partition coefficient (Wildman–Crippen LogP) is 5.02. The van der Waals surface area contributed by atoms with Gasteiger partial charge in [0.1, 0.15) is 6.04 Å². The Hall–Kier alpha value is -3.14. The monoisotopic (exact) mass is 416 g/mol. The summed E-state index contributed by atoms with van der Waals surface area (Å²) in [4.78, 5) is 27.7. The third kappa shape index (κ3) is 5.94. The van der Waals surface area contributed by atoms with E-state index in [4.69, 9.17) is 0 Å². The number of hydrogen-bond acceptors (Lipinski definition) is 2. The number of carbonyl (C=O) groups is 2. The Kier molecular flexibility index (Phi) is 7.82. The van der Waals surface area contributed by atoms with Gasteiger partial charge in [0.25, 0.3) is 0 Å². The van der Waals surface area contributed by atoms with Crippen LogP contribution in [0.15, 0.2) is 66.7 Å². The number of carbonyl (C=O) groups excluding carboxylic acids is 2. The van der Waals surface area contributed by atoms with Crippen molar-refractivity contribution in [3.63, 3.8) is 0 Å². The number of nitrogens with one attached hydrogen (secondary N) is 1. The molecule has 0 aromatic heterocycles. The lowest BCUT2D eigenvalue weighted by Gasteiger charge is -2.29. The van der Waals surface area contributed by atoms with Crippen molar-refractivity contribution < 1.29 is 9.59 Å². The van der Waals surface area contributed by atoms with Crippen LogP contribution in [0.3, 0.4) is 0 Å². The van der Waals surface area contributed by atoms with E-state index in [1.807, 2.05) is 57.2 Å². The zero-order valence-corrected chi connectivity index (χ0v) is 18.7. The Balaban J connectivity index is 1.78. The Morgan fingerprint density at radius 1 is 1.00 bits per heavy atom. The molecule has 0 bridgehead atoms. The van der Waals surface area contributed by atoms with Crippen LogP contribution in [0.4, 0.5) is 0 Å². The van der Waals surface area contributed by atoms with Crippen LogP contribution < -0.4 is 5.32 Å². The van der Waals surface area contributed by atoms with E-state index in [0.29, 0.717) is 25.9 Å². The van der Waals surface area contributed by atoms with Gasteiger partial charge in [-0.1, -0.05) is 79.2 Å². The van der Waals surface area contributed by atoms with E-state index < -0.39 is 6.04 Å². The maximum atomic E-state index is 13.3. The topological polar surface area (TPSA) is 49.4 Å². The van der Waals surface area contributed by atoms with Crippen molar-refractivity contribution in [3.05, 3.63) is 83.4 Å². The Labute approximate surface area is 185 Å². The largest absolute Gasteiger partial charge is 0.354 e. The molecule has 0 fully saturated rings. The summed E-state index contributed by atoms with van der Waals surface area (Å²) < 4.78 is 0. The molecule has 1 atom stereocenters. The molecule has 3 aromatic carbocycles. The van der Waals surface area contributed by atoms with Crippen LogP contribution in [-0.4, -0.2) is 29.3 Å². The molecule has 3 rings (SSSR count). The van der Waals surface area contributed by atoms with Crippen LogP contribution in [0.25, 0.3) is 10.8 Å². The fourth-order valence-electron chi connectivity index (χ4n) is 3.88. The average Bonchev–Trinajstić information content (AvgIpc) is 2.79. The Morgan fingerprint density at radius 3 is 2.52 bits per heavy atom. The van der Waals surface area contributed by atoms with E-state index in [-0.39, 0.29) is 11.8 Å². The van der Waals surface area contributed by atoms with E-state index in [0.717, 1.165) is 23.1 Å². The fraction of sp³-hybridized carbons (Fsp3) is 0.333. The van der Waals surface area contributed by atoms with E-state index in [1.165, 1.54) is 10.8 Å². The van der Waals surface area contributed by atoms with E-state index >= 15 is 0 Å². The highest BCUT2D eigenvalue weighted by atomic mass is 16.2. The molecule has 0 aliphatic rings. The highest BCUT2D eigenvalue weighted by Gasteiger charge is 2.25. The summed E-state index contributed by atoms with van der Waals surface area (Å²) in [6, 6.07) is 22.0. The molecule has 0 aliphatic carbocycles. The van der Waals surface area contributed by atoms with Crippen molar-refractivity contribution in [1.82, 2.24) is 10.2 Å². The summed E-state index contributed by atoms with van der Waals surface area (Å²) in [6.07, 6.45) is 1.88. The maximum Gasteiger partial charge on any atom is 0.242 e. The second-order valence-electron chi connectivity index (χ2n) is 8.12. The number of nitrogens with zero attached hydrogens (tertiary/aromatic N) is 1. The van der Waals surface area contributed by atoms with E-state index in [1.54, 1.807) is 4.90 Å². The molecule has 1 N–H and O–H groups in total. The van der Waals surface area contributed by atoms with Crippen molar-refractivity contribution in [2.45, 2.75) is 52.6 Å². The number of rotatable bonds is 9. The fourth-order valence-corrected chi connectivity index (χ4v) is 3.88. The van der Waals surface area contributed by atoms with Crippen molar-refractivity contribution >= 4 is 22.6 Å². The van der Waals surface area contributed by atoms with Crippen LogP contribution in [0.1, 0.15) is 43.4 Å². The maximum absolute atomic E-state index is 13.3. The van der Waals surface area contributed by atoms with Gasteiger partial charge in [-0.05, 0) is 48.6 Å². The molecule has 0 radical (unpaired) electrons. The van der Waals surface area contributed by atoms with Gasteiger partial charge in [0.15, 0.2) is 0 Å². The zero-order chi connectivity index (χ0) is 22.2. The Morgan fingerprint density at radius 2 is 1.74 bits per heavy atom. The van der Waals surface area contributed by atoms with Crippen LogP contribution in [0.2, 0.25) is 0 Å². The zero-order valence-electron chi connectivity index (χ0n) is 18.7. The van der Waals surface area contributed by atoms with Gasteiger partial charge in [0.2, 0.25) is 11.8 Å². The minimum atomic E-state index is -0.521. The number of fused-ring (bicyclic) bond motifs is 1. The summed E-state index contributed by atoms with van der Waals surface area (Å²) in [5.74, 6) is -0.110. The number of benzene rings is 3. The molecule has 0 saturated heterocycles. The van der Waals surface area contributed by atoms with Crippen molar-refractivity contribution in [2.75, 3.05) is 6.54 Å². The first-order chi connectivity index (χ1) is 15.0. The molecule has 31 heavy (non-hydrogen) atoms.